The smallest absolute Gasteiger partial charge is 0.266 e. The number of hydrogen-bond acceptors (Lipinski definition) is 5. The molecule has 0 aromatic heterocycles. The first-order valence-corrected chi connectivity index (χ1v) is 9.93. The van der Waals surface area contributed by atoms with Gasteiger partial charge in [-0.1, -0.05) is 12.1 Å². The highest BCUT2D eigenvalue weighted by atomic mass is 79.9. The molecule has 1 aliphatic rings. The SMILES string of the molecule is CN=C1S/C(=C/c2cc(Br)c(OCc3ccc(F)cc3)c(OC)c2)C(=O)N1C. The minimum Gasteiger partial charge on any atom is -0.493 e. The number of thioether (sulfide) groups is 1. The van der Waals surface area contributed by atoms with E-state index in [9.17, 15) is 9.18 Å². The van der Waals surface area contributed by atoms with Crippen molar-refractivity contribution in [2.45, 2.75) is 6.61 Å². The monoisotopic (exact) mass is 464 g/mol. The molecule has 1 saturated heterocycles. The number of hydrogen-bond donors (Lipinski definition) is 0. The molecule has 1 amide bonds. The lowest BCUT2D eigenvalue weighted by atomic mass is 10.1. The minimum atomic E-state index is -0.291. The maximum Gasteiger partial charge on any atom is 0.266 e. The van der Waals surface area contributed by atoms with Gasteiger partial charge in [0.05, 0.1) is 16.5 Å². The largest absolute Gasteiger partial charge is 0.493 e. The number of ether oxygens (including phenoxy) is 2. The van der Waals surface area contributed by atoms with Crippen molar-refractivity contribution in [2.75, 3.05) is 21.2 Å². The van der Waals surface area contributed by atoms with E-state index in [1.807, 2.05) is 6.07 Å². The van der Waals surface area contributed by atoms with Crippen LogP contribution in [0.25, 0.3) is 6.08 Å². The molecular weight excluding hydrogens is 447 g/mol. The zero-order valence-corrected chi connectivity index (χ0v) is 17.9. The van der Waals surface area contributed by atoms with Crippen LogP contribution in [0.5, 0.6) is 11.5 Å². The van der Waals surface area contributed by atoms with E-state index in [1.165, 1.54) is 28.8 Å². The van der Waals surface area contributed by atoms with Crippen LogP contribution in [-0.4, -0.2) is 37.2 Å². The predicted octanol–water partition coefficient (Wildman–Crippen LogP) is 4.71. The quantitative estimate of drug-likeness (QED) is 0.601. The highest BCUT2D eigenvalue weighted by Crippen LogP contribution is 2.39. The molecule has 1 fully saturated rings. The number of halogens is 2. The van der Waals surface area contributed by atoms with Crippen LogP contribution in [0, 0.1) is 5.82 Å². The molecule has 0 spiro atoms. The average molecular weight is 465 g/mol. The Balaban J connectivity index is 1.84. The van der Waals surface area contributed by atoms with Crippen LogP contribution in [0.2, 0.25) is 0 Å². The standard InChI is InChI=1S/C20H18BrFN2O3S/c1-23-20-24(2)19(25)17(28-20)10-13-8-15(21)18(16(9-13)26-3)27-11-12-4-6-14(22)7-5-12/h4-10H,11H2,1-3H3/b17-10+,23-20?. The van der Waals surface area contributed by atoms with Crippen molar-refractivity contribution < 1.29 is 18.7 Å². The number of rotatable bonds is 5. The fraction of sp³-hybridized carbons (Fsp3) is 0.200. The fourth-order valence-electron chi connectivity index (χ4n) is 2.60. The van der Waals surface area contributed by atoms with Gasteiger partial charge in [-0.25, -0.2) is 4.39 Å². The van der Waals surface area contributed by atoms with Gasteiger partial charge in [-0.2, -0.15) is 0 Å². The number of aliphatic imine (C=N–C) groups is 1. The molecule has 2 aromatic rings. The fourth-order valence-corrected chi connectivity index (χ4v) is 4.10. The zero-order valence-electron chi connectivity index (χ0n) is 15.5. The lowest BCUT2D eigenvalue weighted by molar-refractivity contribution is -0.121. The summed E-state index contributed by atoms with van der Waals surface area (Å²) in [5, 5.41) is 0.654. The molecule has 8 heteroatoms. The Bertz CT molecular complexity index is 961. The van der Waals surface area contributed by atoms with Gasteiger partial charge >= 0.3 is 0 Å². The van der Waals surface area contributed by atoms with Gasteiger partial charge < -0.3 is 9.47 Å². The summed E-state index contributed by atoms with van der Waals surface area (Å²) >= 11 is 4.83. The molecule has 5 nitrogen and oxygen atoms in total. The number of benzene rings is 2. The van der Waals surface area contributed by atoms with Crippen LogP contribution in [0.3, 0.4) is 0 Å². The molecule has 0 N–H and O–H groups in total. The van der Waals surface area contributed by atoms with Crippen molar-refractivity contribution in [3.63, 3.8) is 0 Å². The Morgan fingerprint density at radius 3 is 2.61 bits per heavy atom. The second-order valence-electron chi connectivity index (χ2n) is 5.93. The van der Waals surface area contributed by atoms with Gasteiger partial charge in [0.2, 0.25) is 0 Å². The Morgan fingerprint density at radius 2 is 2.00 bits per heavy atom. The predicted molar refractivity (Wildman–Crippen MR) is 113 cm³/mol. The zero-order chi connectivity index (χ0) is 20.3. The lowest BCUT2D eigenvalue weighted by Crippen LogP contribution is -2.23. The molecule has 0 atom stereocenters. The van der Waals surface area contributed by atoms with Gasteiger partial charge in [0.1, 0.15) is 12.4 Å². The van der Waals surface area contributed by atoms with Gasteiger partial charge in [-0.05, 0) is 69.2 Å². The molecule has 3 rings (SSSR count). The molecule has 2 aromatic carbocycles. The number of nitrogens with zero attached hydrogens (tertiary/aromatic N) is 2. The molecule has 1 aliphatic heterocycles. The molecule has 0 aliphatic carbocycles. The van der Waals surface area contributed by atoms with E-state index < -0.39 is 0 Å². The van der Waals surface area contributed by atoms with E-state index in [0.717, 1.165) is 11.1 Å². The second-order valence-corrected chi connectivity index (χ2v) is 7.79. The van der Waals surface area contributed by atoms with Crippen molar-refractivity contribution in [2.24, 2.45) is 4.99 Å². The Kier molecular flexibility index (Phi) is 6.41. The Morgan fingerprint density at radius 1 is 1.29 bits per heavy atom. The van der Waals surface area contributed by atoms with E-state index in [0.29, 0.717) is 26.0 Å². The van der Waals surface area contributed by atoms with Crippen LogP contribution in [0.15, 0.2) is 50.8 Å². The topological polar surface area (TPSA) is 51.1 Å². The molecular formula is C20H18BrFN2O3S. The van der Waals surface area contributed by atoms with Crippen molar-refractivity contribution >= 4 is 44.8 Å². The Hall–Kier alpha value is -2.32. The van der Waals surface area contributed by atoms with Crippen LogP contribution in [-0.2, 0) is 11.4 Å². The first-order valence-electron chi connectivity index (χ1n) is 8.32. The summed E-state index contributed by atoms with van der Waals surface area (Å²) in [6, 6.07) is 9.77. The molecule has 0 saturated carbocycles. The molecule has 146 valence electrons. The van der Waals surface area contributed by atoms with Crippen LogP contribution in [0.1, 0.15) is 11.1 Å². The summed E-state index contributed by atoms with van der Waals surface area (Å²) in [6.07, 6.45) is 1.79. The van der Waals surface area contributed by atoms with E-state index in [2.05, 4.69) is 20.9 Å². The summed E-state index contributed by atoms with van der Waals surface area (Å²) in [4.78, 5) is 18.5. The lowest BCUT2D eigenvalue weighted by Gasteiger charge is -2.14. The number of carbonyl (C=O) groups is 1. The van der Waals surface area contributed by atoms with Gasteiger partial charge in [0, 0.05) is 14.1 Å². The van der Waals surface area contributed by atoms with Crippen molar-refractivity contribution in [1.29, 1.82) is 0 Å². The number of amidine groups is 1. The van der Waals surface area contributed by atoms with Gasteiger partial charge in [0.15, 0.2) is 16.7 Å². The van der Waals surface area contributed by atoms with Crippen LogP contribution in [0.4, 0.5) is 4.39 Å². The van der Waals surface area contributed by atoms with Gasteiger partial charge in [-0.15, -0.1) is 0 Å². The van der Waals surface area contributed by atoms with Gasteiger partial charge in [-0.3, -0.25) is 14.7 Å². The third-order valence-electron chi connectivity index (χ3n) is 4.04. The highest BCUT2D eigenvalue weighted by molar-refractivity contribution is 9.10. The van der Waals surface area contributed by atoms with Crippen LogP contribution >= 0.6 is 27.7 Å². The van der Waals surface area contributed by atoms with E-state index in [4.69, 9.17) is 9.47 Å². The maximum atomic E-state index is 13.0. The number of likely N-dealkylation sites (N-methyl/N-ethyl adjacent to an activating group) is 1. The molecule has 1 heterocycles. The first kappa shape index (κ1) is 20.4. The summed E-state index contributed by atoms with van der Waals surface area (Å²) in [5.74, 6) is 0.669. The van der Waals surface area contributed by atoms with E-state index in [1.54, 1.807) is 45.5 Å². The Labute approximate surface area is 175 Å². The number of methoxy groups -OCH3 is 1. The van der Waals surface area contributed by atoms with Crippen molar-refractivity contribution in [1.82, 2.24) is 4.90 Å². The van der Waals surface area contributed by atoms with Crippen molar-refractivity contribution in [3.8, 4) is 11.5 Å². The summed E-state index contributed by atoms with van der Waals surface area (Å²) in [6.45, 7) is 0.269. The summed E-state index contributed by atoms with van der Waals surface area (Å²) in [5.41, 5.74) is 1.63. The third-order valence-corrected chi connectivity index (χ3v) is 5.78. The molecule has 28 heavy (non-hydrogen) atoms. The van der Waals surface area contributed by atoms with Crippen molar-refractivity contribution in [3.05, 3.63) is 62.7 Å². The van der Waals surface area contributed by atoms with Gasteiger partial charge in [0.25, 0.3) is 5.91 Å². The van der Waals surface area contributed by atoms with E-state index in [-0.39, 0.29) is 18.3 Å². The second kappa shape index (κ2) is 8.79. The maximum absolute atomic E-state index is 13.0. The third kappa shape index (κ3) is 4.39. The molecule has 0 radical (unpaired) electrons. The molecule has 0 unspecified atom stereocenters. The minimum absolute atomic E-state index is 0.0997. The molecule has 0 bridgehead atoms. The number of carbonyl (C=O) groups excluding carboxylic acids is 1. The highest BCUT2D eigenvalue weighted by Gasteiger charge is 2.29. The van der Waals surface area contributed by atoms with Crippen LogP contribution < -0.4 is 9.47 Å². The normalized spacial score (nSPS) is 16.9. The summed E-state index contributed by atoms with van der Waals surface area (Å²) < 4.78 is 25.0. The average Bonchev–Trinajstić information content (AvgIpc) is 2.96. The first-order chi connectivity index (χ1) is 13.4. The number of amides is 1. The summed E-state index contributed by atoms with van der Waals surface area (Å²) in [7, 11) is 4.90. The van der Waals surface area contributed by atoms with E-state index >= 15 is 0 Å².